The molecule has 1 aliphatic rings. The number of para-hydroxylation sites is 1. The molecule has 0 bridgehead atoms. The summed E-state index contributed by atoms with van der Waals surface area (Å²) in [7, 11) is 1.65. The van der Waals surface area contributed by atoms with Crippen molar-refractivity contribution in [1.82, 2.24) is 10.6 Å². The number of hydrogen-bond donors (Lipinski definition) is 2. The smallest absolute Gasteiger partial charge is 0.224 e. The Balaban J connectivity index is 2.02. The summed E-state index contributed by atoms with van der Waals surface area (Å²) >= 11 is 0. The quantitative estimate of drug-likeness (QED) is 0.848. The SMILES string of the molecule is COc1ccccc1[C@H](C)NC(=O)C1CCNC1. The normalized spacial score (nSPS) is 20.4. The second kappa shape index (κ2) is 5.87. The molecule has 4 heteroatoms. The molecule has 0 aliphatic carbocycles. The topological polar surface area (TPSA) is 50.4 Å². The lowest BCUT2D eigenvalue weighted by molar-refractivity contribution is -0.125. The molecule has 0 aromatic heterocycles. The first-order valence-electron chi connectivity index (χ1n) is 6.36. The van der Waals surface area contributed by atoms with Gasteiger partial charge in [-0.3, -0.25) is 4.79 Å². The molecule has 1 aromatic rings. The van der Waals surface area contributed by atoms with Crippen molar-refractivity contribution in [2.75, 3.05) is 20.2 Å². The van der Waals surface area contributed by atoms with Gasteiger partial charge in [0.2, 0.25) is 5.91 Å². The fourth-order valence-electron chi connectivity index (χ4n) is 2.31. The fraction of sp³-hybridized carbons (Fsp3) is 0.500. The molecule has 18 heavy (non-hydrogen) atoms. The first kappa shape index (κ1) is 12.9. The highest BCUT2D eigenvalue weighted by atomic mass is 16.5. The predicted octanol–water partition coefficient (Wildman–Crippen LogP) is 1.48. The highest BCUT2D eigenvalue weighted by molar-refractivity contribution is 5.79. The van der Waals surface area contributed by atoms with Crippen LogP contribution in [0, 0.1) is 5.92 Å². The Kier molecular flexibility index (Phi) is 4.20. The molecule has 4 nitrogen and oxygen atoms in total. The van der Waals surface area contributed by atoms with Crippen molar-refractivity contribution in [3.05, 3.63) is 29.8 Å². The monoisotopic (exact) mass is 248 g/mol. The number of benzene rings is 1. The van der Waals surface area contributed by atoms with E-state index in [1.165, 1.54) is 0 Å². The summed E-state index contributed by atoms with van der Waals surface area (Å²) in [5.41, 5.74) is 1.01. The summed E-state index contributed by atoms with van der Waals surface area (Å²) in [5.74, 6) is 1.04. The molecule has 1 unspecified atom stereocenters. The maximum atomic E-state index is 12.0. The van der Waals surface area contributed by atoms with E-state index in [0.717, 1.165) is 30.8 Å². The van der Waals surface area contributed by atoms with Crippen LogP contribution in [0.25, 0.3) is 0 Å². The Morgan fingerprint density at radius 2 is 2.28 bits per heavy atom. The van der Waals surface area contributed by atoms with E-state index in [2.05, 4.69) is 10.6 Å². The fourth-order valence-corrected chi connectivity index (χ4v) is 2.31. The van der Waals surface area contributed by atoms with E-state index in [0.29, 0.717) is 0 Å². The van der Waals surface area contributed by atoms with E-state index in [9.17, 15) is 4.79 Å². The van der Waals surface area contributed by atoms with Gasteiger partial charge >= 0.3 is 0 Å². The van der Waals surface area contributed by atoms with Crippen molar-refractivity contribution in [3.8, 4) is 5.75 Å². The number of carbonyl (C=O) groups is 1. The zero-order valence-corrected chi connectivity index (χ0v) is 10.9. The van der Waals surface area contributed by atoms with Gasteiger partial charge in [-0.2, -0.15) is 0 Å². The average Bonchev–Trinajstić information content (AvgIpc) is 2.92. The highest BCUT2D eigenvalue weighted by Crippen LogP contribution is 2.24. The lowest BCUT2D eigenvalue weighted by atomic mass is 10.0. The Bertz CT molecular complexity index is 414. The first-order chi connectivity index (χ1) is 8.72. The van der Waals surface area contributed by atoms with Gasteiger partial charge in [-0.15, -0.1) is 0 Å². The molecule has 1 fully saturated rings. The Morgan fingerprint density at radius 1 is 1.50 bits per heavy atom. The van der Waals surface area contributed by atoms with Crippen LogP contribution in [0.2, 0.25) is 0 Å². The van der Waals surface area contributed by atoms with Crippen molar-refractivity contribution < 1.29 is 9.53 Å². The van der Waals surface area contributed by atoms with Crippen LogP contribution in [0.1, 0.15) is 24.9 Å². The van der Waals surface area contributed by atoms with Crippen LogP contribution in [0.4, 0.5) is 0 Å². The molecule has 1 heterocycles. The summed E-state index contributed by atoms with van der Waals surface area (Å²) in [6, 6.07) is 7.75. The van der Waals surface area contributed by atoms with Crippen molar-refractivity contribution in [2.24, 2.45) is 5.92 Å². The standard InChI is InChI=1S/C14H20N2O2/c1-10(12-5-3-4-6-13(12)18-2)16-14(17)11-7-8-15-9-11/h3-6,10-11,15H,7-9H2,1-2H3,(H,16,17)/t10-,11?/m0/s1. The molecule has 2 rings (SSSR count). The van der Waals surface area contributed by atoms with E-state index in [1.54, 1.807) is 7.11 Å². The van der Waals surface area contributed by atoms with Gasteiger partial charge in [-0.25, -0.2) is 0 Å². The van der Waals surface area contributed by atoms with Gasteiger partial charge in [-0.05, 0) is 26.0 Å². The number of methoxy groups -OCH3 is 1. The van der Waals surface area contributed by atoms with Gasteiger partial charge in [-0.1, -0.05) is 18.2 Å². The predicted molar refractivity (Wildman–Crippen MR) is 70.5 cm³/mol. The van der Waals surface area contributed by atoms with Gasteiger partial charge in [0.15, 0.2) is 0 Å². The minimum atomic E-state index is -0.0331. The van der Waals surface area contributed by atoms with Gasteiger partial charge in [0, 0.05) is 12.1 Å². The molecule has 1 saturated heterocycles. The third-order valence-corrected chi connectivity index (χ3v) is 3.40. The molecule has 1 aliphatic heterocycles. The molecule has 0 radical (unpaired) electrons. The first-order valence-corrected chi connectivity index (χ1v) is 6.36. The molecule has 98 valence electrons. The number of hydrogen-bond acceptors (Lipinski definition) is 3. The third-order valence-electron chi connectivity index (χ3n) is 3.40. The second-order valence-electron chi connectivity index (χ2n) is 4.66. The lowest BCUT2D eigenvalue weighted by Gasteiger charge is -2.19. The second-order valence-corrected chi connectivity index (χ2v) is 4.66. The van der Waals surface area contributed by atoms with Crippen molar-refractivity contribution in [3.63, 3.8) is 0 Å². The van der Waals surface area contributed by atoms with E-state index >= 15 is 0 Å². The number of carbonyl (C=O) groups excluding carboxylic acids is 1. The number of amides is 1. The number of ether oxygens (including phenoxy) is 1. The van der Waals surface area contributed by atoms with Crippen LogP contribution in [0.5, 0.6) is 5.75 Å². The van der Waals surface area contributed by atoms with Crippen LogP contribution in [-0.2, 0) is 4.79 Å². The van der Waals surface area contributed by atoms with Gasteiger partial charge in [0.05, 0.1) is 19.1 Å². The molecule has 0 spiro atoms. The van der Waals surface area contributed by atoms with Crippen LogP contribution in [0.15, 0.2) is 24.3 Å². The van der Waals surface area contributed by atoms with E-state index in [4.69, 9.17) is 4.74 Å². The maximum Gasteiger partial charge on any atom is 0.224 e. The maximum absolute atomic E-state index is 12.0. The minimum Gasteiger partial charge on any atom is -0.496 e. The Morgan fingerprint density at radius 3 is 2.94 bits per heavy atom. The molecular weight excluding hydrogens is 228 g/mol. The lowest BCUT2D eigenvalue weighted by Crippen LogP contribution is -2.33. The molecule has 2 atom stereocenters. The van der Waals surface area contributed by atoms with Crippen LogP contribution >= 0.6 is 0 Å². The van der Waals surface area contributed by atoms with Gasteiger partial charge in [0.25, 0.3) is 0 Å². The number of nitrogens with one attached hydrogen (secondary N) is 2. The Labute approximate surface area is 108 Å². The zero-order valence-electron chi connectivity index (χ0n) is 10.9. The molecule has 1 amide bonds. The van der Waals surface area contributed by atoms with Crippen molar-refractivity contribution in [1.29, 1.82) is 0 Å². The highest BCUT2D eigenvalue weighted by Gasteiger charge is 2.24. The van der Waals surface area contributed by atoms with Crippen LogP contribution in [0.3, 0.4) is 0 Å². The molecular formula is C14H20N2O2. The van der Waals surface area contributed by atoms with Crippen LogP contribution in [-0.4, -0.2) is 26.1 Å². The third kappa shape index (κ3) is 2.82. The number of rotatable bonds is 4. The Hall–Kier alpha value is -1.55. The summed E-state index contributed by atoms with van der Waals surface area (Å²) in [6.07, 6.45) is 0.921. The van der Waals surface area contributed by atoms with E-state index < -0.39 is 0 Å². The molecule has 2 N–H and O–H groups in total. The summed E-state index contributed by atoms with van der Waals surface area (Å²) in [6.45, 7) is 3.70. The van der Waals surface area contributed by atoms with Crippen LogP contribution < -0.4 is 15.4 Å². The van der Waals surface area contributed by atoms with Crippen molar-refractivity contribution >= 4 is 5.91 Å². The summed E-state index contributed by atoms with van der Waals surface area (Å²) in [5, 5.41) is 6.26. The van der Waals surface area contributed by atoms with E-state index in [-0.39, 0.29) is 17.9 Å². The zero-order chi connectivity index (χ0) is 13.0. The van der Waals surface area contributed by atoms with E-state index in [1.807, 2.05) is 31.2 Å². The molecule has 0 saturated carbocycles. The van der Waals surface area contributed by atoms with Gasteiger partial charge in [0.1, 0.15) is 5.75 Å². The summed E-state index contributed by atoms with van der Waals surface area (Å²) < 4.78 is 5.31. The largest absolute Gasteiger partial charge is 0.496 e. The molecule has 1 aromatic carbocycles. The van der Waals surface area contributed by atoms with Crippen molar-refractivity contribution in [2.45, 2.75) is 19.4 Å². The van der Waals surface area contributed by atoms with Gasteiger partial charge < -0.3 is 15.4 Å². The average molecular weight is 248 g/mol. The summed E-state index contributed by atoms with van der Waals surface area (Å²) in [4.78, 5) is 12.0. The minimum absolute atomic E-state index is 0.0331.